The molecule has 7 aromatic rings. The third-order valence-electron chi connectivity index (χ3n) is 9.54. The van der Waals surface area contributed by atoms with Crippen molar-refractivity contribution in [1.29, 1.82) is 0 Å². The number of halogens is 2. The van der Waals surface area contributed by atoms with Crippen LogP contribution in [0.5, 0.6) is 0 Å². The van der Waals surface area contributed by atoms with Crippen molar-refractivity contribution in [2.45, 2.75) is 52.4 Å². The van der Waals surface area contributed by atoms with Crippen LogP contribution in [0.15, 0.2) is 115 Å². The van der Waals surface area contributed by atoms with Crippen LogP contribution in [-0.2, 0) is 10.8 Å². The van der Waals surface area contributed by atoms with Gasteiger partial charge in [-0.3, -0.25) is 0 Å². The number of aromatic nitrogens is 2. The zero-order chi connectivity index (χ0) is 35.3. The van der Waals surface area contributed by atoms with E-state index < -0.39 is 6.42 Å². The number of nitrogens with zero attached hydrogens (tertiary/aromatic N) is 2. The molecular formula is C44H39BCl2N2S. The lowest BCUT2D eigenvalue weighted by Gasteiger charge is -2.34. The van der Waals surface area contributed by atoms with Gasteiger partial charge in [0.15, 0.2) is 5.52 Å². The molecule has 1 aliphatic rings. The fraction of sp³-hybridized carbons (Fsp3) is 0.205. The van der Waals surface area contributed by atoms with Crippen LogP contribution in [0.25, 0.3) is 42.6 Å². The average molecular weight is 710 g/mol. The second kappa shape index (κ2) is 13.0. The number of hydrogen-bond donors (Lipinski definition) is 0. The maximum atomic E-state index is 4.76. The van der Waals surface area contributed by atoms with Gasteiger partial charge in [0.05, 0.1) is 15.6 Å². The van der Waals surface area contributed by atoms with E-state index in [0.29, 0.717) is 0 Å². The highest BCUT2D eigenvalue weighted by Crippen LogP contribution is 2.46. The van der Waals surface area contributed by atoms with E-state index >= 15 is 0 Å². The molecule has 248 valence electrons. The summed E-state index contributed by atoms with van der Waals surface area (Å²) in [4.78, 5) is 0. The van der Waals surface area contributed by atoms with Crippen molar-refractivity contribution in [2.75, 3.05) is 5.34 Å². The number of hydrogen-bond acceptors (Lipinski definition) is 1. The molecule has 0 fully saturated rings. The van der Waals surface area contributed by atoms with Crippen molar-refractivity contribution in [3.8, 4) is 34.1 Å². The number of thiazole rings is 1. The molecule has 2 nitrogen and oxygen atoms in total. The van der Waals surface area contributed by atoms with Crippen molar-refractivity contribution in [2.24, 2.45) is 0 Å². The van der Waals surface area contributed by atoms with E-state index in [1.165, 1.54) is 48.2 Å². The van der Waals surface area contributed by atoms with Crippen molar-refractivity contribution in [3.05, 3.63) is 138 Å². The highest BCUT2D eigenvalue weighted by molar-refractivity contribution is 7.21. The number of alkyl halides is 2. The van der Waals surface area contributed by atoms with Crippen LogP contribution in [0, 0.1) is 23.5 Å². The van der Waals surface area contributed by atoms with Crippen LogP contribution in [-0.4, -0.2) is 16.2 Å². The van der Waals surface area contributed by atoms with E-state index in [1.807, 2.05) is 23.5 Å². The maximum absolute atomic E-state index is 4.76. The van der Waals surface area contributed by atoms with Gasteiger partial charge in [0.2, 0.25) is 5.01 Å². The Labute approximate surface area is 309 Å². The highest BCUT2D eigenvalue weighted by Gasteiger charge is 2.47. The predicted molar refractivity (Wildman–Crippen MR) is 218 cm³/mol. The first-order valence-electron chi connectivity index (χ1n) is 17.0. The first-order valence-corrected chi connectivity index (χ1v) is 18.9. The molecule has 0 aliphatic carbocycles. The second-order valence-corrected chi connectivity index (χ2v) is 16.8. The molecule has 2 aromatic heterocycles. The van der Waals surface area contributed by atoms with Crippen LogP contribution < -0.4 is 4.48 Å². The largest absolute Gasteiger partial charge is 0.522 e. The summed E-state index contributed by atoms with van der Waals surface area (Å²) in [6, 6.07) is 41.3. The molecule has 0 saturated carbocycles. The third kappa shape index (κ3) is 5.91. The van der Waals surface area contributed by atoms with Gasteiger partial charge in [-0.05, 0) is 76.6 Å². The van der Waals surface area contributed by atoms with E-state index in [2.05, 4.69) is 177 Å². The number of para-hydroxylation sites is 1. The SMILES string of the molecule is CC(C)(C)c1ccc2c(c1)c1cc(C(C)(C)C)cc3c1n2[B-](C#Cc1ccccc1)(C#Cc1ccccc1)[n+]1c-3sc2ccccc21.ClCCl. The first kappa shape index (κ1) is 34.0. The molecule has 5 aromatic carbocycles. The zero-order valence-corrected chi connectivity index (χ0v) is 31.6. The van der Waals surface area contributed by atoms with Crippen LogP contribution >= 0.6 is 34.5 Å². The van der Waals surface area contributed by atoms with Crippen LogP contribution in [0.4, 0.5) is 0 Å². The van der Waals surface area contributed by atoms with Gasteiger partial charge < -0.3 is 8.96 Å². The van der Waals surface area contributed by atoms with Crippen molar-refractivity contribution >= 4 is 73.0 Å². The summed E-state index contributed by atoms with van der Waals surface area (Å²) in [5.74, 6) is 15.0. The summed E-state index contributed by atoms with van der Waals surface area (Å²) in [5, 5.41) is 3.93. The summed E-state index contributed by atoms with van der Waals surface area (Å²) >= 11 is 11.4. The lowest BCUT2D eigenvalue weighted by molar-refractivity contribution is -0.497. The van der Waals surface area contributed by atoms with E-state index in [1.54, 1.807) is 0 Å². The van der Waals surface area contributed by atoms with Crippen molar-refractivity contribution in [3.63, 3.8) is 0 Å². The number of fused-ring (bicyclic) bond motifs is 7. The Kier molecular flexibility index (Phi) is 8.86. The molecule has 0 bridgehead atoms. The Hall–Kier alpha value is -4.45. The summed E-state index contributed by atoms with van der Waals surface area (Å²) in [5.41, 5.74) is 9.39. The van der Waals surface area contributed by atoms with Gasteiger partial charge >= 0.3 is 6.42 Å². The van der Waals surface area contributed by atoms with Gasteiger partial charge in [-0.15, -0.1) is 35.0 Å². The smallest absolute Gasteiger partial charge is 0.431 e. The molecule has 0 amide bonds. The van der Waals surface area contributed by atoms with Gasteiger partial charge in [0, 0.05) is 39.0 Å². The van der Waals surface area contributed by atoms with E-state index in [9.17, 15) is 0 Å². The molecule has 0 atom stereocenters. The first-order chi connectivity index (χ1) is 24.0. The summed E-state index contributed by atoms with van der Waals surface area (Å²) in [6.45, 7) is 13.8. The maximum Gasteiger partial charge on any atom is 0.522 e. The van der Waals surface area contributed by atoms with Gasteiger partial charge in [-0.1, -0.05) is 107 Å². The zero-order valence-electron chi connectivity index (χ0n) is 29.3. The lowest BCUT2D eigenvalue weighted by Crippen LogP contribution is -2.70. The Morgan fingerprint density at radius 2 is 1.20 bits per heavy atom. The quantitative estimate of drug-likeness (QED) is 0.0842. The molecule has 0 N–H and O–H groups in total. The highest BCUT2D eigenvalue weighted by atomic mass is 35.5. The Bertz CT molecular complexity index is 2450. The Morgan fingerprint density at radius 1 is 0.660 bits per heavy atom. The molecule has 6 heteroatoms. The molecule has 1 aliphatic heterocycles. The van der Waals surface area contributed by atoms with Gasteiger partial charge in [-0.2, -0.15) is 11.6 Å². The van der Waals surface area contributed by atoms with E-state index in [0.717, 1.165) is 16.6 Å². The normalized spacial score (nSPS) is 13.1. The van der Waals surface area contributed by atoms with Gasteiger partial charge in [0.1, 0.15) is 0 Å². The van der Waals surface area contributed by atoms with Gasteiger partial charge in [-0.25, -0.2) is 0 Å². The Balaban J connectivity index is 0.00000126. The van der Waals surface area contributed by atoms with Crippen LogP contribution in [0.1, 0.15) is 63.8 Å². The fourth-order valence-electron chi connectivity index (χ4n) is 7.01. The number of rotatable bonds is 0. The monoisotopic (exact) mass is 708 g/mol. The van der Waals surface area contributed by atoms with E-state index in [-0.39, 0.29) is 16.2 Å². The average Bonchev–Trinajstić information content (AvgIpc) is 3.66. The predicted octanol–water partition coefficient (Wildman–Crippen LogP) is 11.3. The molecular weight excluding hydrogens is 670 g/mol. The minimum absolute atomic E-state index is 0.0132. The minimum Gasteiger partial charge on any atom is -0.431 e. The Morgan fingerprint density at radius 3 is 1.78 bits per heavy atom. The van der Waals surface area contributed by atoms with Crippen molar-refractivity contribution in [1.82, 2.24) is 4.48 Å². The summed E-state index contributed by atoms with van der Waals surface area (Å²) in [7, 11) is 0. The van der Waals surface area contributed by atoms with Gasteiger partial charge in [0.25, 0.3) is 0 Å². The summed E-state index contributed by atoms with van der Waals surface area (Å²) in [6.07, 6.45) is -2.03. The number of benzene rings is 5. The third-order valence-corrected chi connectivity index (χ3v) is 10.7. The molecule has 0 spiro atoms. The lowest BCUT2D eigenvalue weighted by atomic mass is 9.45. The summed E-state index contributed by atoms with van der Waals surface area (Å²) < 4.78 is 6.23. The molecule has 8 rings (SSSR count). The fourth-order valence-corrected chi connectivity index (χ4v) is 8.25. The van der Waals surface area contributed by atoms with Crippen LogP contribution in [0.3, 0.4) is 0 Å². The van der Waals surface area contributed by atoms with E-state index in [4.69, 9.17) is 23.2 Å². The molecule has 0 saturated heterocycles. The topological polar surface area (TPSA) is 8.81 Å². The molecule has 0 radical (unpaired) electrons. The minimum atomic E-state index is -2.03. The molecule has 3 heterocycles. The van der Waals surface area contributed by atoms with Crippen molar-refractivity contribution < 1.29 is 4.48 Å². The molecule has 50 heavy (non-hydrogen) atoms. The standard InChI is InChI=1S/C43H37BN2S.CH2Cl2/c1-42(2,3)32-21-22-37-34(27-32)35-28-33(43(4,5)6)29-36-40(35)45(37)44(25-23-30-15-9-7-10-16-30,26-24-31-17-11-8-12-18-31)46-38-19-13-14-20-39(38)47-41(36)46;2-1-3/h7-22,27-29H,1-6H3;1H2. The second-order valence-electron chi connectivity index (χ2n) is 14.9. The molecule has 0 unspecified atom stereocenters. The van der Waals surface area contributed by atoms with Crippen LogP contribution in [0.2, 0.25) is 0 Å².